The van der Waals surface area contributed by atoms with E-state index >= 15 is 0 Å². The molecule has 0 spiro atoms. The minimum absolute atomic E-state index is 0.184. The lowest BCUT2D eigenvalue weighted by Gasteiger charge is -2.18. The number of rotatable bonds is 1. The van der Waals surface area contributed by atoms with E-state index in [0.29, 0.717) is 12.0 Å². The average molecular weight is 168 g/mol. The zero-order valence-corrected chi connectivity index (χ0v) is 8.81. The Kier molecular flexibility index (Phi) is 2.45. The third-order valence-corrected chi connectivity index (χ3v) is 2.25. The van der Waals surface area contributed by atoms with Crippen molar-refractivity contribution in [3.63, 3.8) is 0 Å². The Hall–Kier alpha value is -0.530. The molecule has 70 valence electrons. The molecule has 1 heterocycles. The summed E-state index contributed by atoms with van der Waals surface area (Å²) < 4.78 is 0. The van der Waals surface area contributed by atoms with Gasteiger partial charge in [-0.3, -0.25) is 4.99 Å². The monoisotopic (exact) mass is 168 g/mol. The standard InChI is InChI=1S/C10H20N2/c1-7(2)8-6-11-9(12-8)10(3,4)5/h7-8H,6H2,1-5H3,(H,11,12). The number of nitrogens with one attached hydrogen (secondary N) is 1. The molecule has 0 saturated carbocycles. The molecule has 0 saturated heterocycles. The summed E-state index contributed by atoms with van der Waals surface area (Å²) in [4.78, 5) is 4.66. The summed E-state index contributed by atoms with van der Waals surface area (Å²) in [5.74, 6) is 1.82. The van der Waals surface area contributed by atoms with Gasteiger partial charge in [-0.15, -0.1) is 0 Å². The molecule has 1 unspecified atom stereocenters. The quantitative estimate of drug-likeness (QED) is 0.636. The van der Waals surface area contributed by atoms with E-state index in [1.807, 2.05) is 0 Å². The van der Waals surface area contributed by atoms with Gasteiger partial charge in [-0.05, 0) is 5.92 Å². The Balaban J connectivity index is 2.66. The Morgan fingerprint density at radius 3 is 2.25 bits per heavy atom. The molecule has 12 heavy (non-hydrogen) atoms. The van der Waals surface area contributed by atoms with Crippen LogP contribution < -0.4 is 5.32 Å². The normalized spacial score (nSPS) is 24.2. The molecule has 2 nitrogen and oxygen atoms in total. The van der Waals surface area contributed by atoms with E-state index in [9.17, 15) is 0 Å². The molecule has 1 N–H and O–H groups in total. The van der Waals surface area contributed by atoms with E-state index < -0.39 is 0 Å². The Bertz CT molecular complexity index is 187. The Morgan fingerprint density at radius 2 is 2.00 bits per heavy atom. The lowest BCUT2D eigenvalue weighted by molar-refractivity contribution is 0.512. The largest absolute Gasteiger partial charge is 0.371 e. The first kappa shape index (κ1) is 9.56. The van der Waals surface area contributed by atoms with Gasteiger partial charge >= 0.3 is 0 Å². The molecule has 0 aromatic rings. The van der Waals surface area contributed by atoms with Crippen LogP contribution in [0.15, 0.2) is 4.99 Å². The first-order valence-corrected chi connectivity index (χ1v) is 4.73. The van der Waals surface area contributed by atoms with Gasteiger partial charge in [0.15, 0.2) is 0 Å². The summed E-state index contributed by atoms with van der Waals surface area (Å²) in [6, 6.07) is 0.485. The van der Waals surface area contributed by atoms with Crippen molar-refractivity contribution in [3.05, 3.63) is 0 Å². The number of hydrogen-bond acceptors (Lipinski definition) is 2. The number of aliphatic imine (C=N–C) groups is 1. The van der Waals surface area contributed by atoms with Crippen LogP contribution in [-0.2, 0) is 0 Å². The van der Waals surface area contributed by atoms with E-state index in [-0.39, 0.29) is 5.41 Å². The van der Waals surface area contributed by atoms with E-state index in [0.717, 1.165) is 6.54 Å². The lowest BCUT2D eigenvalue weighted by Crippen LogP contribution is -2.32. The van der Waals surface area contributed by atoms with Gasteiger partial charge in [0.25, 0.3) is 0 Å². The maximum Gasteiger partial charge on any atom is 0.102 e. The summed E-state index contributed by atoms with van der Waals surface area (Å²) in [5, 5.41) is 3.38. The summed E-state index contributed by atoms with van der Waals surface area (Å²) in [6.45, 7) is 12.1. The highest BCUT2D eigenvalue weighted by atomic mass is 15.1. The van der Waals surface area contributed by atoms with E-state index in [1.165, 1.54) is 5.84 Å². The highest BCUT2D eigenvalue weighted by Gasteiger charge is 2.27. The van der Waals surface area contributed by atoms with Gasteiger partial charge in [-0.25, -0.2) is 0 Å². The van der Waals surface area contributed by atoms with E-state index in [1.54, 1.807) is 0 Å². The van der Waals surface area contributed by atoms with Crippen molar-refractivity contribution < 1.29 is 0 Å². The van der Waals surface area contributed by atoms with Gasteiger partial charge in [0.2, 0.25) is 0 Å². The molecule has 1 atom stereocenters. The minimum atomic E-state index is 0.184. The highest BCUT2D eigenvalue weighted by molar-refractivity contribution is 5.88. The molecular weight excluding hydrogens is 148 g/mol. The molecule has 0 aromatic heterocycles. The topological polar surface area (TPSA) is 24.4 Å². The number of hydrogen-bond donors (Lipinski definition) is 1. The van der Waals surface area contributed by atoms with Crippen LogP contribution in [0.3, 0.4) is 0 Å². The van der Waals surface area contributed by atoms with E-state index in [2.05, 4.69) is 44.9 Å². The molecule has 1 aliphatic heterocycles. The Morgan fingerprint density at radius 1 is 1.42 bits per heavy atom. The molecule has 0 amide bonds. The molecule has 0 aromatic carbocycles. The predicted octanol–water partition coefficient (Wildman–Crippen LogP) is 2.06. The van der Waals surface area contributed by atoms with Gasteiger partial charge in [0, 0.05) is 12.0 Å². The van der Waals surface area contributed by atoms with Crippen molar-refractivity contribution in [1.29, 1.82) is 0 Å². The predicted molar refractivity (Wildman–Crippen MR) is 53.5 cm³/mol. The van der Waals surface area contributed by atoms with Gasteiger partial charge in [-0.1, -0.05) is 34.6 Å². The zero-order chi connectivity index (χ0) is 9.35. The third-order valence-electron chi connectivity index (χ3n) is 2.25. The van der Waals surface area contributed by atoms with Crippen LogP contribution in [0.5, 0.6) is 0 Å². The van der Waals surface area contributed by atoms with Gasteiger partial charge < -0.3 is 5.32 Å². The molecule has 1 aliphatic rings. The fraction of sp³-hybridized carbons (Fsp3) is 0.900. The summed E-state index contributed by atoms with van der Waals surface area (Å²) in [5.41, 5.74) is 0.184. The molecule has 2 heteroatoms. The second-order valence-corrected chi connectivity index (χ2v) is 4.92. The SMILES string of the molecule is CC(C)C1CNC(C(C)(C)C)=N1. The van der Waals surface area contributed by atoms with Crippen LogP contribution in [0.25, 0.3) is 0 Å². The van der Waals surface area contributed by atoms with Crippen molar-refractivity contribution in [3.8, 4) is 0 Å². The zero-order valence-electron chi connectivity index (χ0n) is 8.81. The molecule has 0 fully saturated rings. The van der Waals surface area contributed by atoms with E-state index in [4.69, 9.17) is 0 Å². The van der Waals surface area contributed by atoms with Crippen molar-refractivity contribution in [2.45, 2.75) is 40.7 Å². The molecule has 1 rings (SSSR count). The molecule has 0 aliphatic carbocycles. The van der Waals surface area contributed by atoms with Crippen LogP contribution in [0.1, 0.15) is 34.6 Å². The number of amidine groups is 1. The highest BCUT2D eigenvalue weighted by Crippen LogP contribution is 2.20. The lowest BCUT2D eigenvalue weighted by atomic mass is 9.95. The number of nitrogens with zero attached hydrogens (tertiary/aromatic N) is 1. The third kappa shape index (κ3) is 1.99. The summed E-state index contributed by atoms with van der Waals surface area (Å²) in [6.07, 6.45) is 0. The Labute approximate surface area is 75.5 Å². The summed E-state index contributed by atoms with van der Waals surface area (Å²) >= 11 is 0. The maximum atomic E-state index is 4.66. The van der Waals surface area contributed by atoms with Gasteiger partial charge in [-0.2, -0.15) is 0 Å². The van der Waals surface area contributed by atoms with Gasteiger partial charge in [0.05, 0.1) is 6.04 Å². The van der Waals surface area contributed by atoms with Crippen molar-refractivity contribution in [2.75, 3.05) is 6.54 Å². The van der Waals surface area contributed by atoms with Crippen molar-refractivity contribution >= 4 is 5.84 Å². The smallest absolute Gasteiger partial charge is 0.102 e. The second-order valence-electron chi connectivity index (χ2n) is 4.92. The van der Waals surface area contributed by atoms with Crippen LogP contribution in [0.4, 0.5) is 0 Å². The first-order valence-electron chi connectivity index (χ1n) is 4.73. The van der Waals surface area contributed by atoms with Gasteiger partial charge in [0.1, 0.15) is 5.84 Å². The van der Waals surface area contributed by atoms with Crippen molar-refractivity contribution in [2.24, 2.45) is 16.3 Å². The first-order chi connectivity index (χ1) is 5.41. The summed E-state index contributed by atoms with van der Waals surface area (Å²) in [7, 11) is 0. The molecule has 0 bridgehead atoms. The maximum absolute atomic E-state index is 4.66. The molecule has 0 radical (unpaired) electrons. The van der Waals surface area contributed by atoms with Crippen molar-refractivity contribution in [1.82, 2.24) is 5.32 Å². The van der Waals surface area contributed by atoms with Crippen LogP contribution in [-0.4, -0.2) is 18.4 Å². The molecular formula is C10H20N2. The fourth-order valence-corrected chi connectivity index (χ4v) is 1.30. The van der Waals surface area contributed by atoms with Crippen LogP contribution in [0.2, 0.25) is 0 Å². The average Bonchev–Trinajstić information content (AvgIpc) is 2.30. The minimum Gasteiger partial charge on any atom is -0.371 e. The van der Waals surface area contributed by atoms with Crippen LogP contribution >= 0.6 is 0 Å². The van der Waals surface area contributed by atoms with Crippen LogP contribution in [0, 0.1) is 11.3 Å². The second kappa shape index (κ2) is 3.08. The fourth-order valence-electron chi connectivity index (χ4n) is 1.30.